The molecule has 38 heavy (non-hydrogen) atoms. The Morgan fingerprint density at radius 2 is 2.00 bits per heavy atom. The second kappa shape index (κ2) is 11.0. The number of anilines is 1. The van der Waals surface area contributed by atoms with Gasteiger partial charge in [-0.15, -0.1) is 0 Å². The summed E-state index contributed by atoms with van der Waals surface area (Å²) >= 11 is 0. The van der Waals surface area contributed by atoms with E-state index in [2.05, 4.69) is 36.6 Å². The van der Waals surface area contributed by atoms with Crippen molar-refractivity contribution in [1.82, 2.24) is 24.5 Å². The third-order valence-electron chi connectivity index (χ3n) is 8.00. The fraction of sp³-hybridized carbons (Fsp3) is 0.667. The zero-order valence-electron chi connectivity index (χ0n) is 23.1. The molecular formula is C27H42N6O4Si. The SMILES string of the molecule is CC1COCCN1c1cc(C2(O)CCC(CO)CC2)c2cnn(-c3ccnn3COCC[Si](C)(C)C)c2n1. The maximum Gasteiger partial charge on any atom is 0.167 e. The van der Waals surface area contributed by atoms with Crippen LogP contribution in [0.1, 0.15) is 38.2 Å². The van der Waals surface area contributed by atoms with Gasteiger partial charge < -0.3 is 24.6 Å². The van der Waals surface area contributed by atoms with Gasteiger partial charge in [0.25, 0.3) is 0 Å². The first kappa shape index (κ1) is 27.3. The molecule has 0 spiro atoms. The molecule has 208 valence electrons. The predicted octanol–water partition coefficient (Wildman–Crippen LogP) is 3.52. The topological polar surface area (TPSA) is 111 Å². The largest absolute Gasteiger partial charge is 0.396 e. The van der Waals surface area contributed by atoms with Crippen LogP contribution in [0.5, 0.6) is 0 Å². The lowest BCUT2D eigenvalue weighted by Gasteiger charge is -2.38. The van der Waals surface area contributed by atoms with E-state index < -0.39 is 13.7 Å². The normalized spacial score (nSPS) is 24.8. The van der Waals surface area contributed by atoms with Gasteiger partial charge >= 0.3 is 0 Å². The smallest absolute Gasteiger partial charge is 0.167 e. The number of nitrogens with zero attached hydrogens (tertiary/aromatic N) is 6. The van der Waals surface area contributed by atoms with Gasteiger partial charge in [0, 0.05) is 39.3 Å². The molecule has 0 amide bonds. The lowest BCUT2D eigenvalue weighted by molar-refractivity contribution is -0.0199. The summed E-state index contributed by atoms with van der Waals surface area (Å²) in [5.74, 6) is 1.83. The molecule has 3 aromatic rings. The Balaban J connectivity index is 1.53. The molecule has 1 unspecified atom stereocenters. The maximum absolute atomic E-state index is 11.9. The molecule has 1 aliphatic heterocycles. The first-order valence-electron chi connectivity index (χ1n) is 13.9. The van der Waals surface area contributed by atoms with Gasteiger partial charge in [-0.3, -0.25) is 0 Å². The van der Waals surface area contributed by atoms with Gasteiger partial charge in [-0.1, -0.05) is 19.6 Å². The molecule has 1 saturated heterocycles. The van der Waals surface area contributed by atoms with Crippen LogP contribution in [-0.2, 0) is 21.8 Å². The molecule has 0 bridgehead atoms. The van der Waals surface area contributed by atoms with E-state index >= 15 is 0 Å². The lowest BCUT2D eigenvalue weighted by atomic mass is 9.75. The van der Waals surface area contributed by atoms with Gasteiger partial charge in [0.2, 0.25) is 0 Å². The molecule has 0 radical (unpaired) electrons. The van der Waals surface area contributed by atoms with Crippen molar-refractivity contribution in [1.29, 1.82) is 0 Å². The third-order valence-corrected chi connectivity index (χ3v) is 9.71. The highest BCUT2D eigenvalue weighted by molar-refractivity contribution is 6.76. The van der Waals surface area contributed by atoms with Crippen LogP contribution in [0.3, 0.4) is 0 Å². The summed E-state index contributed by atoms with van der Waals surface area (Å²) in [5, 5.41) is 31.7. The summed E-state index contributed by atoms with van der Waals surface area (Å²) in [6, 6.07) is 5.23. The minimum absolute atomic E-state index is 0.167. The lowest BCUT2D eigenvalue weighted by Crippen LogP contribution is -2.44. The molecule has 2 N–H and O–H groups in total. The Labute approximate surface area is 225 Å². The summed E-state index contributed by atoms with van der Waals surface area (Å²) in [4.78, 5) is 7.35. The van der Waals surface area contributed by atoms with Gasteiger partial charge in [0.05, 0.1) is 37.3 Å². The molecule has 3 aromatic heterocycles. The van der Waals surface area contributed by atoms with Crippen molar-refractivity contribution in [3.05, 3.63) is 30.1 Å². The molecular weight excluding hydrogens is 500 g/mol. The Bertz CT molecular complexity index is 1230. The average Bonchev–Trinajstić information content (AvgIpc) is 3.53. The van der Waals surface area contributed by atoms with Gasteiger partial charge in [0.15, 0.2) is 11.5 Å². The van der Waals surface area contributed by atoms with Gasteiger partial charge in [0.1, 0.15) is 12.5 Å². The third kappa shape index (κ3) is 5.67. The predicted molar refractivity (Wildman–Crippen MR) is 149 cm³/mol. The molecule has 1 aliphatic carbocycles. The van der Waals surface area contributed by atoms with Crippen molar-refractivity contribution in [2.24, 2.45) is 5.92 Å². The fourth-order valence-corrected chi connectivity index (χ4v) is 6.25. The van der Waals surface area contributed by atoms with Crippen LogP contribution >= 0.6 is 0 Å². The Morgan fingerprint density at radius 3 is 2.71 bits per heavy atom. The molecule has 1 atom stereocenters. The molecule has 1 saturated carbocycles. The first-order valence-corrected chi connectivity index (χ1v) is 17.6. The second-order valence-corrected chi connectivity index (χ2v) is 17.8. The fourth-order valence-electron chi connectivity index (χ4n) is 5.50. The van der Waals surface area contributed by atoms with Crippen molar-refractivity contribution in [3.8, 4) is 5.82 Å². The van der Waals surface area contributed by atoms with Crippen molar-refractivity contribution < 1.29 is 19.7 Å². The summed E-state index contributed by atoms with van der Waals surface area (Å²) in [6.07, 6.45) is 6.34. The molecule has 2 fully saturated rings. The number of morpholine rings is 1. The zero-order valence-corrected chi connectivity index (χ0v) is 24.1. The minimum atomic E-state index is -1.18. The van der Waals surface area contributed by atoms with Crippen molar-refractivity contribution >= 4 is 24.9 Å². The van der Waals surface area contributed by atoms with E-state index in [0.29, 0.717) is 45.0 Å². The van der Waals surface area contributed by atoms with Crippen LogP contribution in [0.4, 0.5) is 5.82 Å². The molecule has 4 heterocycles. The molecule has 0 aromatic carbocycles. The standard InChI is InChI=1S/C27H42N6O4Si/c1-20-18-36-12-11-31(20)24-15-23(27(35)8-5-21(17-34)6-9-27)22-16-29-33(26(22)30-24)25-7-10-28-32(25)19-37-13-14-38(2,3)4/h7,10,15-16,20-21,34-35H,5-6,8-9,11-14,17-19H2,1-4H3. The molecule has 11 heteroatoms. The van der Waals surface area contributed by atoms with E-state index in [4.69, 9.17) is 19.6 Å². The highest BCUT2D eigenvalue weighted by Gasteiger charge is 2.38. The minimum Gasteiger partial charge on any atom is -0.396 e. The summed E-state index contributed by atoms with van der Waals surface area (Å²) in [5.41, 5.74) is 0.555. The number of rotatable bonds is 9. The second-order valence-electron chi connectivity index (χ2n) is 12.1. The average molecular weight is 543 g/mol. The van der Waals surface area contributed by atoms with E-state index in [1.54, 1.807) is 6.20 Å². The number of aliphatic hydroxyl groups excluding tert-OH is 1. The van der Waals surface area contributed by atoms with Crippen LogP contribution in [0, 0.1) is 5.92 Å². The van der Waals surface area contributed by atoms with Crippen LogP contribution < -0.4 is 4.90 Å². The van der Waals surface area contributed by atoms with Crippen LogP contribution in [0.2, 0.25) is 25.7 Å². The zero-order chi connectivity index (χ0) is 26.9. The van der Waals surface area contributed by atoms with E-state index in [-0.39, 0.29) is 18.6 Å². The van der Waals surface area contributed by atoms with Gasteiger partial charge in [-0.25, -0.2) is 9.67 Å². The highest BCUT2D eigenvalue weighted by Crippen LogP contribution is 2.43. The van der Waals surface area contributed by atoms with E-state index in [9.17, 15) is 10.2 Å². The maximum atomic E-state index is 11.9. The number of fused-ring (bicyclic) bond motifs is 1. The van der Waals surface area contributed by atoms with Crippen LogP contribution in [0.25, 0.3) is 16.9 Å². The van der Waals surface area contributed by atoms with Crippen LogP contribution in [0.15, 0.2) is 24.5 Å². The summed E-state index contributed by atoms with van der Waals surface area (Å²) in [6.45, 7) is 12.4. The van der Waals surface area contributed by atoms with Crippen molar-refractivity contribution in [2.75, 3.05) is 37.9 Å². The van der Waals surface area contributed by atoms with Crippen molar-refractivity contribution in [2.45, 2.75) is 76.7 Å². The molecule has 5 rings (SSSR count). The van der Waals surface area contributed by atoms with Crippen molar-refractivity contribution in [3.63, 3.8) is 0 Å². The highest BCUT2D eigenvalue weighted by atomic mass is 28.3. The number of hydrogen-bond acceptors (Lipinski definition) is 8. The van der Waals surface area contributed by atoms with Crippen LogP contribution in [-0.4, -0.2) is 81.8 Å². The summed E-state index contributed by atoms with van der Waals surface area (Å²) in [7, 11) is -1.18. The summed E-state index contributed by atoms with van der Waals surface area (Å²) < 4.78 is 15.3. The number of aromatic nitrogens is 5. The molecule has 10 nitrogen and oxygen atoms in total. The quantitative estimate of drug-likeness (QED) is 0.312. The van der Waals surface area contributed by atoms with Gasteiger partial charge in [-0.2, -0.15) is 14.9 Å². The Kier molecular flexibility index (Phi) is 7.93. The Morgan fingerprint density at radius 1 is 1.21 bits per heavy atom. The van der Waals surface area contributed by atoms with E-state index in [1.165, 1.54) is 0 Å². The van der Waals surface area contributed by atoms with Gasteiger partial charge in [-0.05, 0) is 56.2 Å². The first-order chi connectivity index (χ1) is 18.2. The Hall–Kier alpha value is -2.31. The number of aliphatic hydroxyl groups is 2. The van der Waals surface area contributed by atoms with E-state index in [1.807, 2.05) is 27.7 Å². The number of ether oxygens (including phenoxy) is 2. The monoisotopic (exact) mass is 542 g/mol. The number of hydrogen-bond donors (Lipinski definition) is 2. The molecule has 2 aliphatic rings. The van der Waals surface area contributed by atoms with E-state index in [0.717, 1.165) is 48.0 Å². The number of pyridine rings is 1.